The van der Waals surface area contributed by atoms with E-state index in [0.717, 1.165) is 19.5 Å². The van der Waals surface area contributed by atoms with E-state index in [0.29, 0.717) is 5.56 Å². The molecule has 1 aliphatic rings. The number of nitrogens with one attached hydrogen (secondary N) is 1. The molecule has 1 amide bonds. The van der Waals surface area contributed by atoms with Crippen molar-refractivity contribution in [1.82, 2.24) is 10.4 Å². The normalized spacial score (nSPS) is 15.9. The van der Waals surface area contributed by atoms with E-state index in [4.69, 9.17) is 0 Å². The SMILES string of the molecule is O=C(c1ccc(F)cc1)N1CCCN1. The smallest absolute Gasteiger partial charge is 0.267 e. The van der Waals surface area contributed by atoms with Gasteiger partial charge in [-0.1, -0.05) is 0 Å². The highest BCUT2D eigenvalue weighted by atomic mass is 19.1. The summed E-state index contributed by atoms with van der Waals surface area (Å²) in [4.78, 5) is 11.7. The number of carbonyl (C=O) groups is 1. The fraction of sp³-hybridized carbons (Fsp3) is 0.300. The average Bonchev–Trinajstić information content (AvgIpc) is 2.71. The zero-order valence-corrected chi connectivity index (χ0v) is 7.66. The number of carbonyl (C=O) groups excluding carboxylic acids is 1. The van der Waals surface area contributed by atoms with E-state index in [1.165, 1.54) is 24.3 Å². The van der Waals surface area contributed by atoms with Crippen LogP contribution in [0.5, 0.6) is 0 Å². The Hall–Kier alpha value is -1.42. The van der Waals surface area contributed by atoms with Gasteiger partial charge in [0.15, 0.2) is 0 Å². The van der Waals surface area contributed by atoms with Crippen molar-refractivity contribution in [2.75, 3.05) is 13.1 Å². The van der Waals surface area contributed by atoms with Crippen molar-refractivity contribution in [2.45, 2.75) is 6.42 Å². The lowest BCUT2D eigenvalue weighted by Crippen LogP contribution is -2.36. The molecule has 0 radical (unpaired) electrons. The van der Waals surface area contributed by atoms with Crippen LogP contribution in [-0.2, 0) is 0 Å². The van der Waals surface area contributed by atoms with Crippen LogP contribution in [0.25, 0.3) is 0 Å². The second-order valence-corrected chi connectivity index (χ2v) is 3.23. The zero-order valence-electron chi connectivity index (χ0n) is 7.66. The first-order chi connectivity index (χ1) is 6.77. The van der Waals surface area contributed by atoms with E-state index in [1.54, 1.807) is 5.01 Å². The summed E-state index contributed by atoms with van der Waals surface area (Å²) in [5.41, 5.74) is 3.47. The summed E-state index contributed by atoms with van der Waals surface area (Å²) in [6.07, 6.45) is 0.965. The summed E-state index contributed by atoms with van der Waals surface area (Å²) in [5, 5.41) is 1.56. The second kappa shape index (κ2) is 3.75. The number of rotatable bonds is 1. The Labute approximate surface area is 81.5 Å². The van der Waals surface area contributed by atoms with E-state index < -0.39 is 0 Å². The molecular weight excluding hydrogens is 183 g/mol. The highest BCUT2D eigenvalue weighted by Gasteiger charge is 2.18. The monoisotopic (exact) mass is 194 g/mol. The van der Waals surface area contributed by atoms with Gasteiger partial charge in [0.1, 0.15) is 5.82 Å². The molecule has 0 bridgehead atoms. The van der Waals surface area contributed by atoms with E-state index in [9.17, 15) is 9.18 Å². The average molecular weight is 194 g/mol. The minimum atomic E-state index is -0.323. The van der Waals surface area contributed by atoms with Crippen molar-refractivity contribution in [1.29, 1.82) is 0 Å². The van der Waals surface area contributed by atoms with Crippen LogP contribution in [-0.4, -0.2) is 24.0 Å². The maximum Gasteiger partial charge on any atom is 0.267 e. The third-order valence-corrected chi connectivity index (χ3v) is 2.20. The van der Waals surface area contributed by atoms with Crippen molar-refractivity contribution in [3.8, 4) is 0 Å². The van der Waals surface area contributed by atoms with Gasteiger partial charge in [-0.2, -0.15) is 0 Å². The molecule has 0 atom stereocenters. The first-order valence-electron chi connectivity index (χ1n) is 4.58. The molecule has 0 aromatic heterocycles. The van der Waals surface area contributed by atoms with Gasteiger partial charge in [0, 0.05) is 18.7 Å². The molecular formula is C10H11FN2O. The Kier molecular flexibility index (Phi) is 2.45. The molecule has 1 saturated heterocycles. The van der Waals surface area contributed by atoms with Crippen LogP contribution >= 0.6 is 0 Å². The van der Waals surface area contributed by atoms with Crippen LogP contribution in [0.4, 0.5) is 4.39 Å². The van der Waals surface area contributed by atoms with E-state index in [1.807, 2.05) is 0 Å². The number of benzene rings is 1. The van der Waals surface area contributed by atoms with Crippen LogP contribution in [0, 0.1) is 5.82 Å². The molecule has 0 aliphatic carbocycles. The minimum Gasteiger partial charge on any atom is -0.274 e. The molecule has 1 heterocycles. The second-order valence-electron chi connectivity index (χ2n) is 3.23. The lowest BCUT2D eigenvalue weighted by atomic mass is 10.2. The lowest BCUT2D eigenvalue weighted by Gasteiger charge is -2.15. The molecule has 1 aliphatic heterocycles. The quantitative estimate of drug-likeness (QED) is 0.728. The predicted molar refractivity (Wildman–Crippen MR) is 50.1 cm³/mol. The van der Waals surface area contributed by atoms with E-state index in [2.05, 4.69) is 5.43 Å². The van der Waals surface area contributed by atoms with Crippen molar-refractivity contribution >= 4 is 5.91 Å². The van der Waals surface area contributed by atoms with E-state index >= 15 is 0 Å². The number of halogens is 1. The van der Waals surface area contributed by atoms with Gasteiger partial charge in [-0.15, -0.1) is 0 Å². The summed E-state index contributed by atoms with van der Waals surface area (Å²) in [6.45, 7) is 1.54. The van der Waals surface area contributed by atoms with Gasteiger partial charge < -0.3 is 0 Å². The Bertz CT molecular complexity index is 330. The Balaban J connectivity index is 2.14. The first kappa shape index (κ1) is 9.15. The number of amides is 1. The minimum absolute atomic E-state index is 0.0949. The lowest BCUT2D eigenvalue weighted by molar-refractivity contribution is 0.0726. The molecule has 1 aromatic carbocycles. The van der Waals surface area contributed by atoms with Crippen molar-refractivity contribution < 1.29 is 9.18 Å². The van der Waals surface area contributed by atoms with Crippen LogP contribution in [0.2, 0.25) is 0 Å². The fourth-order valence-electron chi connectivity index (χ4n) is 1.45. The Morgan fingerprint density at radius 1 is 1.36 bits per heavy atom. The molecule has 0 spiro atoms. The maximum absolute atomic E-state index is 12.6. The van der Waals surface area contributed by atoms with E-state index in [-0.39, 0.29) is 11.7 Å². The predicted octanol–water partition coefficient (Wildman–Crippen LogP) is 1.18. The molecule has 4 heteroatoms. The summed E-state index contributed by atoms with van der Waals surface area (Å²) >= 11 is 0. The van der Waals surface area contributed by atoms with Crippen LogP contribution in [0.3, 0.4) is 0 Å². The van der Waals surface area contributed by atoms with Crippen molar-refractivity contribution in [2.24, 2.45) is 0 Å². The topological polar surface area (TPSA) is 32.3 Å². The highest BCUT2D eigenvalue weighted by Crippen LogP contribution is 2.07. The maximum atomic E-state index is 12.6. The van der Waals surface area contributed by atoms with Gasteiger partial charge in [-0.25, -0.2) is 9.82 Å². The third kappa shape index (κ3) is 1.75. The number of hydrogen-bond acceptors (Lipinski definition) is 2. The third-order valence-electron chi connectivity index (χ3n) is 2.20. The molecule has 1 fully saturated rings. The zero-order chi connectivity index (χ0) is 9.97. The first-order valence-corrected chi connectivity index (χ1v) is 4.58. The fourth-order valence-corrected chi connectivity index (χ4v) is 1.45. The summed E-state index contributed by atoms with van der Waals surface area (Å²) in [6, 6.07) is 5.59. The molecule has 74 valence electrons. The molecule has 0 unspecified atom stereocenters. The molecule has 0 saturated carbocycles. The number of hydrazine groups is 1. The Morgan fingerprint density at radius 2 is 2.07 bits per heavy atom. The molecule has 3 nitrogen and oxygen atoms in total. The molecule has 1 aromatic rings. The van der Waals surface area contributed by atoms with Gasteiger partial charge >= 0.3 is 0 Å². The highest BCUT2D eigenvalue weighted by molar-refractivity contribution is 5.93. The molecule has 14 heavy (non-hydrogen) atoms. The largest absolute Gasteiger partial charge is 0.274 e. The molecule has 1 N–H and O–H groups in total. The van der Waals surface area contributed by atoms with Crippen LogP contribution < -0.4 is 5.43 Å². The Morgan fingerprint density at radius 3 is 2.64 bits per heavy atom. The van der Waals surface area contributed by atoms with Gasteiger partial charge in [0.2, 0.25) is 0 Å². The van der Waals surface area contributed by atoms with Gasteiger partial charge in [0.05, 0.1) is 0 Å². The number of nitrogens with zero attached hydrogens (tertiary/aromatic N) is 1. The summed E-state index contributed by atoms with van der Waals surface area (Å²) in [7, 11) is 0. The van der Waals surface area contributed by atoms with Crippen LogP contribution in [0.1, 0.15) is 16.8 Å². The van der Waals surface area contributed by atoms with Crippen molar-refractivity contribution in [3.05, 3.63) is 35.6 Å². The summed E-state index contributed by atoms with van der Waals surface area (Å²) < 4.78 is 12.6. The van der Waals surface area contributed by atoms with Crippen molar-refractivity contribution in [3.63, 3.8) is 0 Å². The van der Waals surface area contributed by atoms with Crippen LogP contribution in [0.15, 0.2) is 24.3 Å². The summed E-state index contributed by atoms with van der Waals surface area (Å²) in [5.74, 6) is -0.418. The standard InChI is InChI=1S/C10H11FN2O/c11-9-4-2-8(3-5-9)10(14)13-7-1-6-12-13/h2-5,12H,1,6-7H2. The van der Waals surface area contributed by atoms with Gasteiger partial charge in [0.25, 0.3) is 5.91 Å². The molecule has 2 rings (SSSR count). The van der Waals surface area contributed by atoms with Gasteiger partial charge in [-0.3, -0.25) is 9.80 Å². The number of hydrogen-bond donors (Lipinski definition) is 1. The van der Waals surface area contributed by atoms with Gasteiger partial charge in [-0.05, 0) is 30.7 Å².